The second-order valence-corrected chi connectivity index (χ2v) is 5.96. The van der Waals surface area contributed by atoms with Crippen molar-refractivity contribution in [1.29, 1.82) is 0 Å². The Kier molecular flexibility index (Phi) is 7.26. The van der Waals surface area contributed by atoms with Crippen molar-refractivity contribution in [2.45, 2.75) is 20.0 Å². The fourth-order valence-corrected chi connectivity index (χ4v) is 2.38. The number of aliphatic hydroxyl groups excluding tert-OH is 1. The smallest absolute Gasteiger partial charge is 0.0945 e. The predicted molar refractivity (Wildman–Crippen MR) is 81.6 cm³/mol. The summed E-state index contributed by atoms with van der Waals surface area (Å²) >= 11 is 17.9. The number of nitrogens with one attached hydrogen (secondary N) is 1. The summed E-state index contributed by atoms with van der Waals surface area (Å²) in [5, 5.41) is 14.1. The highest BCUT2D eigenvalue weighted by Gasteiger charge is 2.10. The van der Waals surface area contributed by atoms with Gasteiger partial charge >= 0.3 is 0 Å². The van der Waals surface area contributed by atoms with Gasteiger partial charge in [-0.15, -0.1) is 0 Å². The van der Waals surface area contributed by atoms with Crippen LogP contribution >= 0.6 is 34.8 Å². The lowest BCUT2D eigenvalue weighted by molar-refractivity contribution is 0.0318. The van der Waals surface area contributed by atoms with Gasteiger partial charge in [0, 0.05) is 18.2 Å². The first-order valence-corrected chi connectivity index (χ1v) is 7.17. The molecule has 3 nitrogen and oxygen atoms in total. The largest absolute Gasteiger partial charge is 0.389 e. The maximum Gasteiger partial charge on any atom is 0.0945 e. The number of anilines is 1. The molecule has 0 spiro atoms. The van der Waals surface area contributed by atoms with Gasteiger partial charge in [-0.2, -0.15) is 0 Å². The molecule has 0 saturated carbocycles. The van der Waals surface area contributed by atoms with Crippen LogP contribution in [-0.4, -0.2) is 31.0 Å². The Balaban J connectivity index is 2.44. The first kappa shape index (κ1) is 16.9. The lowest BCUT2D eigenvalue weighted by Gasteiger charge is -2.16. The van der Waals surface area contributed by atoms with Gasteiger partial charge < -0.3 is 15.2 Å². The van der Waals surface area contributed by atoms with Gasteiger partial charge in [0.05, 0.1) is 28.4 Å². The van der Waals surface area contributed by atoms with Crippen molar-refractivity contribution in [3.05, 3.63) is 27.2 Å². The molecule has 1 unspecified atom stereocenters. The normalized spacial score (nSPS) is 12.8. The van der Waals surface area contributed by atoms with Gasteiger partial charge in [0.2, 0.25) is 0 Å². The molecular weight excluding hydrogens is 309 g/mol. The minimum absolute atomic E-state index is 0.272. The van der Waals surface area contributed by atoms with Crippen LogP contribution in [0.3, 0.4) is 0 Å². The second kappa shape index (κ2) is 8.18. The molecule has 108 valence electrons. The highest BCUT2D eigenvalue weighted by molar-refractivity contribution is 6.41. The van der Waals surface area contributed by atoms with Crippen molar-refractivity contribution in [2.75, 3.05) is 25.1 Å². The summed E-state index contributed by atoms with van der Waals surface area (Å²) in [6, 6.07) is 3.19. The minimum Gasteiger partial charge on any atom is -0.389 e. The van der Waals surface area contributed by atoms with Crippen LogP contribution < -0.4 is 5.32 Å². The lowest BCUT2D eigenvalue weighted by atomic mass is 10.2. The Labute approximate surface area is 128 Å². The third kappa shape index (κ3) is 6.19. The molecule has 0 heterocycles. The molecular formula is C13H18Cl3NO2. The van der Waals surface area contributed by atoms with Crippen molar-refractivity contribution in [3.63, 3.8) is 0 Å². The molecule has 1 aromatic rings. The van der Waals surface area contributed by atoms with Gasteiger partial charge in [0.15, 0.2) is 0 Å². The third-order valence-corrected chi connectivity index (χ3v) is 3.10. The number of hydrogen-bond acceptors (Lipinski definition) is 3. The number of hydrogen-bond donors (Lipinski definition) is 2. The van der Waals surface area contributed by atoms with Crippen LogP contribution in [-0.2, 0) is 4.74 Å². The minimum atomic E-state index is -0.624. The fraction of sp³-hybridized carbons (Fsp3) is 0.538. The molecule has 0 radical (unpaired) electrons. The Hall–Kier alpha value is -0.190. The van der Waals surface area contributed by atoms with E-state index >= 15 is 0 Å². The van der Waals surface area contributed by atoms with Gasteiger partial charge in [-0.25, -0.2) is 0 Å². The Morgan fingerprint density at radius 1 is 1.16 bits per heavy atom. The summed E-state index contributed by atoms with van der Waals surface area (Å²) in [5.41, 5.74) is 0.565. The van der Waals surface area contributed by atoms with Gasteiger partial charge in [-0.1, -0.05) is 48.7 Å². The van der Waals surface area contributed by atoms with Crippen molar-refractivity contribution < 1.29 is 9.84 Å². The number of rotatable bonds is 7. The summed E-state index contributed by atoms with van der Waals surface area (Å²) in [6.07, 6.45) is -0.624. The molecule has 0 amide bonds. The van der Waals surface area contributed by atoms with Crippen LogP contribution in [0.1, 0.15) is 13.8 Å². The van der Waals surface area contributed by atoms with E-state index in [1.165, 1.54) is 0 Å². The van der Waals surface area contributed by atoms with E-state index in [2.05, 4.69) is 19.2 Å². The average Bonchev–Trinajstić information content (AvgIpc) is 2.26. The Morgan fingerprint density at radius 2 is 1.74 bits per heavy atom. The zero-order chi connectivity index (χ0) is 14.4. The van der Waals surface area contributed by atoms with E-state index in [4.69, 9.17) is 39.5 Å². The van der Waals surface area contributed by atoms with Crippen molar-refractivity contribution in [1.82, 2.24) is 0 Å². The van der Waals surface area contributed by atoms with Gasteiger partial charge in [-0.05, 0) is 18.1 Å². The zero-order valence-electron chi connectivity index (χ0n) is 10.9. The van der Waals surface area contributed by atoms with Gasteiger partial charge in [0.1, 0.15) is 0 Å². The van der Waals surface area contributed by atoms with Crippen molar-refractivity contribution in [2.24, 2.45) is 5.92 Å². The third-order valence-electron chi connectivity index (χ3n) is 2.28. The highest BCUT2D eigenvalue weighted by Crippen LogP contribution is 2.33. The van der Waals surface area contributed by atoms with Gasteiger partial charge in [-0.3, -0.25) is 0 Å². The Morgan fingerprint density at radius 3 is 2.26 bits per heavy atom. The number of benzene rings is 1. The molecule has 0 aliphatic carbocycles. The van der Waals surface area contributed by atoms with E-state index in [0.717, 1.165) is 0 Å². The Bertz CT molecular complexity index is 390. The highest BCUT2D eigenvalue weighted by atomic mass is 35.5. The van der Waals surface area contributed by atoms with E-state index in [1.807, 2.05) is 0 Å². The quantitative estimate of drug-likeness (QED) is 0.793. The molecule has 1 aromatic carbocycles. The fourth-order valence-electron chi connectivity index (χ4n) is 1.43. The van der Waals surface area contributed by atoms with E-state index < -0.39 is 6.10 Å². The van der Waals surface area contributed by atoms with Crippen LogP contribution in [0.15, 0.2) is 12.1 Å². The summed E-state index contributed by atoms with van der Waals surface area (Å²) in [5.74, 6) is 0.445. The molecule has 6 heteroatoms. The second-order valence-electron chi connectivity index (χ2n) is 4.71. The van der Waals surface area contributed by atoms with E-state index in [1.54, 1.807) is 12.1 Å². The van der Waals surface area contributed by atoms with Gasteiger partial charge in [0.25, 0.3) is 0 Å². The molecule has 0 aromatic heterocycles. The summed E-state index contributed by atoms with van der Waals surface area (Å²) in [7, 11) is 0. The van der Waals surface area contributed by atoms with E-state index in [0.29, 0.717) is 39.8 Å². The summed E-state index contributed by atoms with van der Waals surface area (Å²) < 4.78 is 5.35. The monoisotopic (exact) mass is 325 g/mol. The molecule has 0 saturated heterocycles. The molecule has 0 aliphatic heterocycles. The van der Waals surface area contributed by atoms with Crippen LogP contribution in [0.25, 0.3) is 0 Å². The van der Waals surface area contributed by atoms with Crippen molar-refractivity contribution in [3.8, 4) is 0 Å². The zero-order valence-corrected chi connectivity index (χ0v) is 13.2. The van der Waals surface area contributed by atoms with E-state index in [-0.39, 0.29) is 6.61 Å². The molecule has 1 rings (SSSR count). The van der Waals surface area contributed by atoms with Crippen LogP contribution in [0.4, 0.5) is 5.69 Å². The van der Waals surface area contributed by atoms with Crippen LogP contribution in [0, 0.1) is 5.92 Å². The van der Waals surface area contributed by atoms with E-state index in [9.17, 15) is 5.11 Å². The van der Waals surface area contributed by atoms with Crippen molar-refractivity contribution >= 4 is 40.5 Å². The molecule has 0 aliphatic rings. The summed E-state index contributed by atoms with van der Waals surface area (Å²) in [4.78, 5) is 0. The predicted octanol–water partition coefficient (Wildman–Crippen LogP) is 4.09. The molecule has 19 heavy (non-hydrogen) atoms. The molecule has 0 bridgehead atoms. The van der Waals surface area contributed by atoms with Crippen LogP contribution in [0.2, 0.25) is 15.1 Å². The standard InChI is InChI=1S/C13H18Cl3NO2/c1-8(2)6-19-7-10(18)5-17-13-11(15)3-9(14)4-12(13)16/h3-4,8,10,17-18H,5-7H2,1-2H3. The summed E-state index contributed by atoms with van der Waals surface area (Å²) in [6.45, 7) is 5.31. The SMILES string of the molecule is CC(C)COCC(O)CNc1c(Cl)cc(Cl)cc1Cl. The first-order chi connectivity index (χ1) is 8.90. The first-order valence-electron chi connectivity index (χ1n) is 6.04. The lowest BCUT2D eigenvalue weighted by Crippen LogP contribution is -2.25. The number of aliphatic hydroxyl groups is 1. The molecule has 0 fully saturated rings. The maximum atomic E-state index is 9.76. The average molecular weight is 327 g/mol. The number of halogens is 3. The molecule has 1 atom stereocenters. The van der Waals surface area contributed by atoms with Crippen LogP contribution in [0.5, 0.6) is 0 Å². The number of ether oxygens (including phenoxy) is 1. The topological polar surface area (TPSA) is 41.5 Å². The molecule has 2 N–H and O–H groups in total. The maximum absolute atomic E-state index is 9.76.